The Morgan fingerprint density at radius 1 is 1.41 bits per heavy atom. The largest absolute Gasteiger partial charge is 0.352 e. The molecule has 1 aromatic rings. The molecule has 1 rings (SSSR count). The van der Waals surface area contributed by atoms with E-state index in [1.54, 1.807) is 0 Å². The van der Waals surface area contributed by atoms with E-state index in [1.165, 1.54) is 0 Å². The van der Waals surface area contributed by atoms with Gasteiger partial charge in [-0.25, -0.2) is 0 Å². The maximum atomic E-state index is 11.5. The Bertz CT molecular complexity index is 368. The average molecular weight is 255 g/mol. The van der Waals surface area contributed by atoms with Crippen LogP contribution in [0.2, 0.25) is 5.02 Å². The first-order valence-corrected chi connectivity index (χ1v) is 6.24. The first-order chi connectivity index (χ1) is 8.13. The molecule has 17 heavy (non-hydrogen) atoms. The summed E-state index contributed by atoms with van der Waals surface area (Å²) >= 11 is 6.06. The van der Waals surface area contributed by atoms with Crippen molar-refractivity contribution in [3.63, 3.8) is 0 Å². The maximum absolute atomic E-state index is 11.5. The average Bonchev–Trinajstić information content (AvgIpc) is 2.29. The van der Waals surface area contributed by atoms with Gasteiger partial charge in [-0.05, 0) is 31.5 Å². The molecule has 0 saturated carbocycles. The van der Waals surface area contributed by atoms with Gasteiger partial charge in [0.1, 0.15) is 0 Å². The summed E-state index contributed by atoms with van der Waals surface area (Å²) < 4.78 is 0. The molecule has 0 aliphatic rings. The zero-order valence-electron chi connectivity index (χ0n) is 10.3. The Morgan fingerprint density at radius 3 is 2.76 bits per heavy atom. The van der Waals surface area contributed by atoms with Crippen LogP contribution >= 0.6 is 11.6 Å². The molecule has 0 saturated heterocycles. The van der Waals surface area contributed by atoms with Gasteiger partial charge in [0.15, 0.2) is 0 Å². The van der Waals surface area contributed by atoms with Crippen LogP contribution in [0.25, 0.3) is 0 Å². The van der Waals surface area contributed by atoms with Gasteiger partial charge in [0.25, 0.3) is 0 Å². The van der Waals surface area contributed by atoms with Gasteiger partial charge in [-0.3, -0.25) is 4.79 Å². The number of carbonyl (C=O) groups excluding carboxylic acids is 1. The van der Waals surface area contributed by atoms with Crippen molar-refractivity contribution in [1.29, 1.82) is 0 Å². The van der Waals surface area contributed by atoms with E-state index in [4.69, 9.17) is 11.6 Å². The molecule has 3 nitrogen and oxygen atoms in total. The van der Waals surface area contributed by atoms with Crippen molar-refractivity contribution in [3.8, 4) is 0 Å². The van der Waals surface area contributed by atoms with Crippen LogP contribution < -0.4 is 10.6 Å². The SMILES string of the molecule is CCNCC(=O)NC(C)Cc1ccccc1Cl. The van der Waals surface area contributed by atoms with E-state index >= 15 is 0 Å². The fourth-order valence-electron chi connectivity index (χ4n) is 1.61. The highest BCUT2D eigenvalue weighted by molar-refractivity contribution is 6.31. The highest BCUT2D eigenvalue weighted by Gasteiger charge is 2.09. The highest BCUT2D eigenvalue weighted by Crippen LogP contribution is 2.16. The van der Waals surface area contributed by atoms with Gasteiger partial charge < -0.3 is 10.6 Å². The van der Waals surface area contributed by atoms with E-state index in [-0.39, 0.29) is 11.9 Å². The van der Waals surface area contributed by atoms with E-state index in [1.807, 2.05) is 38.1 Å². The second-order valence-electron chi connectivity index (χ2n) is 4.04. The topological polar surface area (TPSA) is 41.1 Å². The summed E-state index contributed by atoms with van der Waals surface area (Å²) in [7, 11) is 0. The monoisotopic (exact) mass is 254 g/mol. The van der Waals surface area contributed by atoms with Crippen molar-refractivity contribution in [1.82, 2.24) is 10.6 Å². The molecule has 1 unspecified atom stereocenters. The molecule has 2 N–H and O–H groups in total. The quantitative estimate of drug-likeness (QED) is 0.815. The number of benzene rings is 1. The number of likely N-dealkylation sites (N-methyl/N-ethyl adjacent to an activating group) is 1. The molecule has 1 aromatic carbocycles. The third-order valence-electron chi connectivity index (χ3n) is 2.43. The normalized spacial score (nSPS) is 12.2. The second-order valence-corrected chi connectivity index (χ2v) is 4.45. The molecular weight excluding hydrogens is 236 g/mol. The van der Waals surface area contributed by atoms with Crippen molar-refractivity contribution in [3.05, 3.63) is 34.9 Å². The van der Waals surface area contributed by atoms with E-state index in [0.717, 1.165) is 23.6 Å². The van der Waals surface area contributed by atoms with E-state index in [0.29, 0.717) is 6.54 Å². The van der Waals surface area contributed by atoms with Crippen LogP contribution in [0.15, 0.2) is 24.3 Å². The number of hydrogen-bond donors (Lipinski definition) is 2. The predicted molar refractivity (Wildman–Crippen MR) is 71.3 cm³/mol. The van der Waals surface area contributed by atoms with Gasteiger partial charge in [-0.15, -0.1) is 0 Å². The molecule has 94 valence electrons. The highest BCUT2D eigenvalue weighted by atomic mass is 35.5. The molecule has 1 atom stereocenters. The van der Waals surface area contributed by atoms with Crippen molar-refractivity contribution in [2.24, 2.45) is 0 Å². The predicted octanol–water partition coefficient (Wildman–Crippen LogP) is 2.00. The second kappa shape index (κ2) is 7.30. The van der Waals surface area contributed by atoms with Crippen LogP contribution in [0.5, 0.6) is 0 Å². The fraction of sp³-hybridized carbons (Fsp3) is 0.462. The van der Waals surface area contributed by atoms with Gasteiger partial charge in [-0.1, -0.05) is 36.7 Å². The lowest BCUT2D eigenvalue weighted by molar-refractivity contribution is -0.120. The number of amides is 1. The summed E-state index contributed by atoms with van der Waals surface area (Å²) in [5.74, 6) is 0.0198. The molecule has 4 heteroatoms. The number of nitrogens with one attached hydrogen (secondary N) is 2. The standard InChI is InChI=1S/C13H19ClN2O/c1-3-15-9-13(17)16-10(2)8-11-6-4-5-7-12(11)14/h4-7,10,15H,3,8-9H2,1-2H3,(H,16,17). The van der Waals surface area contributed by atoms with Gasteiger partial charge >= 0.3 is 0 Å². The molecule has 0 aromatic heterocycles. The Balaban J connectivity index is 2.42. The first-order valence-electron chi connectivity index (χ1n) is 5.87. The summed E-state index contributed by atoms with van der Waals surface area (Å²) in [6.07, 6.45) is 0.748. The third kappa shape index (κ3) is 5.20. The molecule has 0 radical (unpaired) electrons. The van der Waals surface area contributed by atoms with Crippen molar-refractivity contribution in [2.75, 3.05) is 13.1 Å². The van der Waals surface area contributed by atoms with Crippen LogP contribution in [0, 0.1) is 0 Å². The van der Waals surface area contributed by atoms with Crippen molar-refractivity contribution >= 4 is 17.5 Å². The number of carbonyl (C=O) groups is 1. The summed E-state index contributed by atoms with van der Waals surface area (Å²) in [4.78, 5) is 11.5. The summed E-state index contributed by atoms with van der Waals surface area (Å²) in [5, 5.41) is 6.67. The molecule has 0 heterocycles. The number of halogens is 1. The maximum Gasteiger partial charge on any atom is 0.234 e. The number of rotatable bonds is 6. The molecule has 0 fully saturated rings. The summed E-state index contributed by atoms with van der Waals surface area (Å²) in [6.45, 7) is 5.11. The summed E-state index contributed by atoms with van der Waals surface area (Å²) in [5.41, 5.74) is 1.06. The molecule has 1 amide bonds. The van der Waals surface area contributed by atoms with Crippen LogP contribution in [0.3, 0.4) is 0 Å². The molecule has 0 aliphatic heterocycles. The Labute approximate surface area is 108 Å². The zero-order valence-corrected chi connectivity index (χ0v) is 11.1. The lowest BCUT2D eigenvalue weighted by Gasteiger charge is -2.14. The van der Waals surface area contributed by atoms with Gasteiger partial charge in [0, 0.05) is 11.1 Å². The molecule has 0 aliphatic carbocycles. The third-order valence-corrected chi connectivity index (χ3v) is 2.80. The summed E-state index contributed by atoms with van der Waals surface area (Å²) in [6, 6.07) is 7.79. The zero-order chi connectivity index (χ0) is 12.7. The van der Waals surface area contributed by atoms with Crippen LogP contribution in [0.4, 0.5) is 0 Å². The minimum absolute atomic E-state index is 0.0198. The lowest BCUT2D eigenvalue weighted by Crippen LogP contribution is -2.39. The molecular formula is C13H19ClN2O. The minimum Gasteiger partial charge on any atom is -0.352 e. The van der Waals surface area contributed by atoms with Crippen LogP contribution in [-0.2, 0) is 11.2 Å². The van der Waals surface area contributed by atoms with Gasteiger partial charge in [0.05, 0.1) is 6.54 Å². The Kier molecular flexibility index (Phi) is 6.01. The van der Waals surface area contributed by atoms with Crippen LogP contribution in [-0.4, -0.2) is 25.0 Å². The Morgan fingerprint density at radius 2 is 2.12 bits per heavy atom. The van der Waals surface area contributed by atoms with E-state index < -0.39 is 0 Å². The molecule has 0 bridgehead atoms. The fourth-order valence-corrected chi connectivity index (χ4v) is 1.82. The van der Waals surface area contributed by atoms with Crippen LogP contribution in [0.1, 0.15) is 19.4 Å². The van der Waals surface area contributed by atoms with E-state index in [9.17, 15) is 4.79 Å². The van der Waals surface area contributed by atoms with Crippen molar-refractivity contribution in [2.45, 2.75) is 26.3 Å². The first kappa shape index (κ1) is 14.0. The van der Waals surface area contributed by atoms with E-state index in [2.05, 4.69) is 10.6 Å². The van der Waals surface area contributed by atoms with Crippen molar-refractivity contribution < 1.29 is 4.79 Å². The minimum atomic E-state index is 0.0198. The Hall–Kier alpha value is -1.06. The number of hydrogen-bond acceptors (Lipinski definition) is 2. The van der Waals surface area contributed by atoms with Gasteiger partial charge in [0.2, 0.25) is 5.91 Å². The van der Waals surface area contributed by atoms with Gasteiger partial charge in [-0.2, -0.15) is 0 Å². The molecule has 0 spiro atoms. The lowest BCUT2D eigenvalue weighted by atomic mass is 10.1. The smallest absolute Gasteiger partial charge is 0.234 e.